The predicted molar refractivity (Wildman–Crippen MR) is 64.9 cm³/mol. The summed E-state index contributed by atoms with van der Waals surface area (Å²) in [5, 5.41) is 3.29. The molecule has 0 unspecified atom stereocenters. The SMILES string of the molecule is CCCNc1ccc(-n2ccnc2C)nc1. The molecule has 2 heterocycles. The molecule has 0 aliphatic heterocycles. The van der Waals surface area contributed by atoms with Crippen LogP contribution in [-0.2, 0) is 0 Å². The molecule has 0 aliphatic carbocycles. The van der Waals surface area contributed by atoms with Crippen LogP contribution in [0.2, 0.25) is 0 Å². The zero-order valence-electron chi connectivity index (χ0n) is 9.64. The van der Waals surface area contributed by atoms with Crippen LogP contribution < -0.4 is 5.32 Å². The summed E-state index contributed by atoms with van der Waals surface area (Å²) in [6, 6.07) is 4.03. The van der Waals surface area contributed by atoms with Crippen molar-refractivity contribution in [2.45, 2.75) is 20.3 Å². The number of anilines is 1. The number of imidazole rings is 1. The average molecular weight is 216 g/mol. The van der Waals surface area contributed by atoms with Gasteiger partial charge < -0.3 is 5.32 Å². The van der Waals surface area contributed by atoms with Gasteiger partial charge in [0.2, 0.25) is 0 Å². The van der Waals surface area contributed by atoms with Gasteiger partial charge in [-0.05, 0) is 25.5 Å². The monoisotopic (exact) mass is 216 g/mol. The minimum Gasteiger partial charge on any atom is -0.384 e. The normalized spacial score (nSPS) is 10.4. The van der Waals surface area contributed by atoms with Crippen molar-refractivity contribution in [3.63, 3.8) is 0 Å². The first-order valence-electron chi connectivity index (χ1n) is 5.51. The van der Waals surface area contributed by atoms with Crippen LogP contribution in [0.15, 0.2) is 30.7 Å². The highest BCUT2D eigenvalue weighted by Gasteiger charge is 2.01. The number of nitrogens with zero attached hydrogens (tertiary/aromatic N) is 3. The van der Waals surface area contributed by atoms with Gasteiger partial charge in [-0.25, -0.2) is 9.97 Å². The largest absolute Gasteiger partial charge is 0.384 e. The molecule has 0 spiro atoms. The van der Waals surface area contributed by atoms with Gasteiger partial charge in [-0.2, -0.15) is 0 Å². The molecular formula is C12H16N4. The molecule has 0 bridgehead atoms. The molecule has 2 aromatic rings. The van der Waals surface area contributed by atoms with E-state index >= 15 is 0 Å². The quantitative estimate of drug-likeness (QED) is 0.853. The Morgan fingerprint density at radius 3 is 2.75 bits per heavy atom. The predicted octanol–water partition coefficient (Wildman–Crippen LogP) is 2.40. The Bertz CT molecular complexity index is 444. The lowest BCUT2D eigenvalue weighted by molar-refractivity contribution is 0.929. The van der Waals surface area contributed by atoms with Gasteiger partial charge >= 0.3 is 0 Å². The summed E-state index contributed by atoms with van der Waals surface area (Å²) in [7, 11) is 0. The first-order chi connectivity index (χ1) is 7.81. The van der Waals surface area contributed by atoms with Crippen molar-refractivity contribution in [3.05, 3.63) is 36.5 Å². The van der Waals surface area contributed by atoms with E-state index < -0.39 is 0 Å². The van der Waals surface area contributed by atoms with Crippen LogP contribution in [0.1, 0.15) is 19.2 Å². The maximum absolute atomic E-state index is 4.40. The molecular weight excluding hydrogens is 200 g/mol. The summed E-state index contributed by atoms with van der Waals surface area (Å²) in [5.41, 5.74) is 1.06. The second-order valence-corrected chi connectivity index (χ2v) is 3.68. The maximum atomic E-state index is 4.40. The highest BCUT2D eigenvalue weighted by Crippen LogP contribution is 2.11. The number of aromatic nitrogens is 3. The Labute approximate surface area is 95.4 Å². The molecule has 4 heteroatoms. The van der Waals surface area contributed by atoms with Gasteiger partial charge in [-0.15, -0.1) is 0 Å². The van der Waals surface area contributed by atoms with Gasteiger partial charge in [0.15, 0.2) is 0 Å². The second kappa shape index (κ2) is 4.79. The van der Waals surface area contributed by atoms with E-state index in [2.05, 4.69) is 22.2 Å². The molecule has 0 amide bonds. The first-order valence-corrected chi connectivity index (χ1v) is 5.51. The fourth-order valence-electron chi connectivity index (χ4n) is 1.52. The van der Waals surface area contributed by atoms with Crippen LogP contribution in [0.4, 0.5) is 5.69 Å². The Kier molecular flexibility index (Phi) is 3.19. The number of rotatable bonds is 4. The molecule has 0 atom stereocenters. The third kappa shape index (κ3) is 2.21. The van der Waals surface area contributed by atoms with Crippen molar-refractivity contribution in [2.24, 2.45) is 0 Å². The van der Waals surface area contributed by atoms with Crippen molar-refractivity contribution >= 4 is 5.69 Å². The molecule has 2 aromatic heterocycles. The summed E-state index contributed by atoms with van der Waals surface area (Å²) in [6.45, 7) is 5.08. The van der Waals surface area contributed by atoms with E-state index in [-0.39, 0.29) is 0 Å². The number of hydrogen-bond acceptors (Lipinski definition) is 3. The molecule has 0 aromatic carbocycles. The van der Waals surface area contributed by atoms with Gasteiger partial charge in [-0.1, -0.05) is 6.92 Å². The number of pyridine rings is 1. The van der Waals surface area contributed by atoms with E-state index in [0.29, 0.717) is 0 Å². The van der Waals surface area contributed by atoms with Gasteiger partial charge in [0.25, 0.3) is 0 Å². The van der Waals surface area contributed by atoms with E-state index in [1.807, 2.05) is 36.0 Å². The molecule has 84 valence electrons. The molecule has 0 saturated carbocycles. The summed E-state index contributed by atoms with van der Waals surface area (Å²) in [4.78, 5) is 8.57. The molecule has 0 radical (unpaired) electrons. The molecule has 2 rings (SSSR count). The lowest BCUT2D eigenvalue weighted by Gasteiger charge is -2.06. The average Bonchev–Trinajstić information content (AvgIpc) is 2.74. The van der Waals surface area contributed by atoms with Crippen LogP contribution in [0.25, 0.3) is 5.82 Å². The number of nitrogens with one attached hydrogen (secondary N) is 1. The number of aryl methyl sites for hydroxylation is 1. The first kappa shape index (κ1) is 10.7. The van der Waals surface area contributed by atoms with Crippen molar-refractivity contribution < 1.29 is 0 Å². The standard InChI is InChI=1S/C12H16N4/c1-3-6-14-11-4-5-12(15-9-11)16-8-7-13-10(16)2/h4-5,7-9,14H,3,6H2,1-2H3. The fraction of sp³-hybridized carbons (Fsp3) is 0.333. The molecule has 4 nitrogen and oxygen atoms in total. The number of hydrogen-bond donors (Lipinski definition) is 1. The summed E-state index contributed by atoms with van der Waals surface area (Å²) >= 11 is 0. The van der Waals surface area contributed by atoms with Crippen LogP contribution in [0.3, 0.4) is 0 Å². The lowest BCUT2D eigenvalue weighted by atomic mass is 10.3. The van der Waals surface area contributed by atoms with Crippen LogP contribution in [-0.4, -0.2) is 21.1 Å². The minimum atomic E-state index is 0.900. The Hall–Kier alpha value is -1.84. The zero-order chi connectivity index (χ0) is 11.4. The Morgan fingerprint density at radius 2 is 2.19 bits per heavy atom. The summed E-state index contributed by atoms with van der Waals surface area (Å²) in [6.07, 6.45) is 6.66. The third-order valence-electron chi connectivity index (χ3n) is 2.40. The lowest BCUT2D eigenvalue weighted by Crippen LogP contribution is -2.02. The van der Waals surface area contributed by atoms with E-state index in [1.54, 1.807) is 6.20 Å². The van der Waals surface area contributed by atoms with Gasteiger partial charge in [0.1, 0.15) is 11.6 Å². The Morgan fingerprint density at radius 1 is 1.31 bits per heavy atom. The van der Waals surface area contributed by atoms with Gasteiger partial charge in [-0.3, -0.25) is 4.57 Å². The minimum absolute atomic E-state index is 0.900. The van der Waals surface area contributed by atoms with Crippen molar-refractivity contribution in [1.82, 2.24) is 14.5 Å². The molecule has 0 saturated heterocycles. The summed E-state index contributed by atoms with van der Waals surface area (Å²) < 4.78 is 1.96. The molecule has 0 fully saturated rings. The second-order valence-electron chi connectivity index (χ2n) is 3.68. The van der Waals surface area contributed by atoms with E-state index in [0.717, 1.165) is 30.3 Å². The smallest absolute Gasteiger partial charge is 0.138 e. The van der Waals surface area contributed by atoms with Gasteiger partial charge in [0.05, 0.1) is 11.9 Å². The van der Waals surface area contributed by atoms with Crippen LogP contribution in [0.5, 0.6) is 0 Å². The third-order valence-corrected chi connectivity index (χ3v) is 2.40. The van der Waals surface area contributed by atoms with Crippen molar-refractivity contribution in [1.29, 1.82) is 0 Å². The molecule has 1 N–H and O–H groups in total. The molecule has 0 aliphatic rings. The Balaban J connectivity index is 2.16. The topological polar surface area (TPSA) is 42.7 Å². The van der Waals surface area contributed by atoms with Crippen LogP contribution >= 0.6 is 0 Å². The highest BCUT2D eigenvalue weighted by molar-refractivity contribution is 5.43. The van der Waals surface area contributed by atoms with E-state index in [9.17, 15) is 0 Å². The van der Waals surface area contributed by atoms with Crippen molar-refractivity contribution in [2.75, 3.05) is 11.9 Å². The fourth-order valence-corrected chi connectivity index (χ4v) is 1.52. The van der Waals surface area contributed by atoms with E-state index in [1.165, 1.54) is 0 Å². The van der Waals surface area contributed by atoms with E-state index in [4.69, 9.17) is 0 Å². The van der Waals surface area contributed by atoms with Crippen LogP contribution in [0, 0.1) is 6.92 Å². The summed E-state index contributed by atoms with van der Waals surface area (Å²) in [5.74, 6) is 1.85. The van der Waals surface area contributed by atoms with Crippen molar-refractivity contribution in [3.8, 4) is 5.82 Å². The maximum Gasteiger partial charge on any atom is 0.138 e. The molecule has 16 heavy (non-hydrogen) atoms. The van der Waals surface area contributed by atoms with Gasteiger partial charge in [0, 0.05) is 18.9 Å². The zero-order valence-corrected chi connectivity index (χ0v) is 9.64. The highest BCUT2D eigenvalue weighted by atomic mass is 15.1.